The van der Waals surface area contributed by atoms with Crippen molar-refractivity contribution in [2.75, 3.05) is 39.6 Å². The van der Waals surface area contributed by atoms with Gasteiger partial charge in [0.05, 0.1) is 26.4 Å². The van der Waals surface area contributed by atoms with Crippen molar-refractivity contribution in [3.05, 3.63) is 0 Å². The average Bonchev–Trinajstić information content (AvgIpc) is 0.898. The molecule has 19 heteroatoms. The predicted octanol–water partition coefficient (Wildman–Crippen LogP) is 28.3. The first kappa shape index (κ1) is 108. The van der Waals surface area contributed by atoms with Crippen LogP contribution in [0.2, 0.25) is 0 Å². The molecule has 17 nitrogen and oxygen atoms in total. The number of phosphoric ester groups is 2. The van der Waals surface area contributed by atoms with E-state index >= 15 is 0 Å². The number of unbranched alkanes of at least 4 members (excludes halogenated alkanes) is 63. The van der Waals surface area contributed by atoms with E-state index in [1.165, 1.54) is 321 Å². The van der Waals surface area contributed by atoms with Crippen LogP contribution in [-0.4, -0.2) is 96.7 Å². The lowest BCUT2D eigenvalue weighted by molar-refractivity contribution is -0.161. The van der Waals surface area contributed by atoms with E-state index in [-0.39, 0.29) is 25.7 Å². The summed E-state index contributed by atoms with van der Waals surface area (Å²) in [7, 11) is -9.94. The summed E-state index contributed by atoms with van der Waals surface area (Å²) >= 11 is 0. The summed E-state index contributed by atoms with van der Waals surface area (Å²) in [6.07, 6.45) is 79.1. The summed E-state index contributed by atoms with van der Waals surface area (Å²) < 4.78 is 69.1. The van der Waals surface area contributed by atoms with E-state index in [1.807, 2.05) is 0 Å². The number of esters is 4. The Labute approximate surface area is 677 Å². The normalized spacial score (nSPS) is 13.7. The Kier molecular flexibility index (Phi) is 82.1. The summed E-state index contributed by atoms with van der Waals surface area (Å²) in [5.74, 6) is -1.28. The minimum atomic E-state index is -4.97. The molecule has 0 heterocycles. The molecule has 110 heavy (non-hydrogen) atoms. The molecule has 0 aliphatic carbocycles. The van der Waals surface area contributed by atoms with Gasteiger partial charge in [-0.1, -0.05) is 446 Å². The van der Waals surface area contributed by atoms with Crippen molar-refractivity contribution in [2.24, 2.45) is 5.92 Å². The van der Waals surface area contributed by atoms with Crippen molar-refractivity contribution >= 4 is 39.5 Å². The second-order valence-electron chi connectivity index (χ2n) is 33.2. The topological polar surface area (TPSA) is 237 Å². The van der Waals surface area contributed by atoms with Gasteiger partial charge in [0.25, 0.3) is 0 Å². The quantitative estimate of drug-likeness (QED) is 0.0222. The van der Waals surface area contributed by atoms with Gasteiger partial charge in [-0.2, -0.15) is 0 Å². The highest BCUT2D eigenvalue weighted by molar-refractivity contribution is 7.47. The molecule has 0 aromatic rings. The van der Waals surface area contributed by atoms with Crippen LogP contribution in [0.1, 0.15) is 497 Å². The van der Waals surface area contributed by atoms with Crippen LogP contribution in [0.3, 0.4) is 0 Å². The van der Waals surface area contributed by atoms with Crippen molar-refractivity contribution in [2.45, 2.75) is 515 Å². The summed E-state index contributed by atoms with van der Waals surface area (Å²) in [5, 5.41) is 10.7. The zero-order valence-corrected chi connectivity index (χ0v) is 74.2. The van der Waals surface area contributed by atoms with Crippen molar-refractivity contribution in [1.82, 2.24) is 0 Å². The predicted molar refractivity (Wildman–Crippen MR) is 455 cm³/mol. The van der Waals surface area contributed by atoms with Crippen LogP contribution in [-0.2, 0) is 65.4 Å². The molecule has 0 aliphatic heterocycles. The first-order valence-electron chi connectivity index (χ1n) is 47.1. The minimum Gasteiger partial charge on any atom is -0.462 e. The Bertz CT molecular complexity index is 2080. The van der Waals surface area contributed by atoms with Crippen LogP contribution < -0.4 is 0 Å². The van der Waals surface area contributed by atoms with Gasteiger partial charge in [0.1, 0.15) is 19.3 Å². The number of carbonyl (C=O) groups excluding carboxylic acids is 4. The largest absolute Gasteiger partial charge is 0.472 e. The van der Waals surface area contributed by atoms with Crippen LogP contribution in [0.4, 0.5) is 0 Å². The highest BCUT2D eigenvalue weighted by atomic mass is 31.2. The lowest BCUT2D eigenvalue weighted by atomic mass is 10.0. The highest BCUT2D eigenvalue weighted by Crippen LogP contribution is 2.45. The van der Waals surface area contributed by atoms with E-state index in [2.05, 4.69) is 34.6 Å². The third-order valence-electron chi connectivity index (χ3n) is 21.5. The molecule has 2 unspecified atom stereocenters. The van der Waals surface area contributed by atoms with Crippen LogP contribution in [0.15, 0.2) is 0 Å². The number of hydrogen-bond acceptors (Lipinski definition) is 15. The van der Waals surface area contributed by atoms with Crippen molar-refractivity contribution in [3.8, 4) is 0 Å². The van der Waals surface area contributed by atoms with Gasteiger partial charge in [0.15, 0.2) is 12.2 Å². The number of hydrogen-bond donors (Lipinski definition) is 3. The Morgan fingerprint density at radius 2 is 0.418 bits per heavy atom. The third kappa shape index (κ3) is 84.0. The molecule has 0 bridgehead atoms. The fourth-order valence-corrected chi connectivity index (χ4v) is 15.9. The molecule has 654 valence electrons. The molecule has 0 spiro atoms. The lowest BCUT2D eigenvalue weighted by Crippen LogP contribution is -2.30. The lowest BCUT2D eigenvalue weighted by Gasteiger charge is -2.21. The first-order chi connectivity index (χ1) is 53.5. The monoisotopic (exact) mass is 1610 g/mol. The smallest absolute Gasteiger partial charge is 0.462 e. The summed E-state index contributed by atoms with van der Waals surface area (Å²) in [6.45, 7) is 7.43. The molecule has 0 aromatic heterocycles. The second kappa shape index (κ2) is 83.5. The maximum atomic E-state index is 13.2. The Hall–Kier alpha value is -1.94. The van der Waals surface area contributed by atoms with Crippen LogP contribution in [0.25, 0.3) is 0 Å². The van der Waals surface area contributed by atoms with E-state index in [0.717, 1.165) is 95.8 Å². The molecule has 0 rings (SSSR count). The van der Waals surface area contributed by atoms with Gasteiger partial charge in [-0.3, -0.25) is 37.3 Å². The molecule has 0 aliphatic rings. The van der Waals surface area contributed by atoms with E-state index in [1.54, 1.807) is 0 Å². The number of ether oxygens (including phenoxy) is 4. The standard InChI is InChI=1S/C91H178O17P2/c1-6-9-12-15-18-21-24-27-29-31-33-34-35-37-41-47-52-57-62-67-72-77-91(96)108-87(81-102-89(94)75-70-65-60-55-50-45-42-38-39-44-48-53-58-63-68-73-84(4)5)83-106-110(99,100)104-79-85(92)78-103-109(97,98)105-82-86(80-101-88(93)74-69-64-59-54-49-43-26-23-20-17-14-11-8-3)107-90(95)76-71-66-61-56-51-46-40-36-32-30-28-25-22-19-16-13-10-7-2/h84-87,92H,6-83H2,1-5H3,(H,97,98)(H,99,100)/t85-,86+,87+/m0/s1. The van der Waals surface area contributed by atoms with Gasteiger partial charge in [-0.25, -0.2) is 9.13 Å². The second-order valence-corrected chi connectivity index (χ2v) is 36.1. The van der Waals surface area contributed by atoms with Crippen molar-refractivity contribution in [3.63, 3.8) is 0 Å². The van der Waals surface area contributed by atoms with Gasteiger partial charge in [-0.15, -0.1) is 0 Å². The fourth-order valence-electron chi connectivity index (χ4n) is 14.4. The summed E-state index contributed by atoms with van der Waals surface area (Å²) in [4.78, 5) is 73.5. The summed E-state index contributed by atoms with van der Waals surface area (Å²) in [5.41, 5.74) is 0. The highest BCUT2D eigenvalue weighted by Gasteiger charge is 2.31. The van der Waals surface area contributed by atoms with E-state index in [0.29, 0.717) is 25.7 Å². The number of phosphoric acid groups is 2. The zero-order valence-electron chi connectivity index (χ0n) is 72.4. The molecule has 0 fully saturated rings. The van der Waals surface area contributed by atoms with E-state index < -0.39 is 97.5 Å². The Balaban J connectivity index is 5.26. The van der Waals surface area contributed by atoms with Gasteiger partial charge in [0.2, 0.25) is 0 Å². The van der Waals surface area contributed by atoms with Crippen molar-refractivity contribution < 1.29 is 80.2 Å². The molecule has 0 aromatic carbocycles. The molecule has 0 saturated heterocycles. The number of aliphatic hydroxyl groups is 1. The molecular formula is C91H178O17P2. The molecule has 0 amide bonds. The van der Waals surface area contributed by atoms with Gasteiger partial charge in [0, 0.05) is 25.7 Å². The summed E-state index contributed by atoms with van der Waals surface area (Å²) in [6, 6.07) is 0. The van der Waals surface area contributed by atoms with Crippen LogP contribution in [0.5, 0.6) is 0 Å². The first-order valence-corrected chi connectivity index (χ1v) is 50.1. The SMILES string of the molecule is CCCCCCCCCCCCCCCCCCCCCCCC(=O)O[C@H](COC(=O)CCCCCCCCCCCCCCCCCC(C)C)COP(=O)(O)OC[C@@H](O)COP(=O)(O)OC[C@@H](COC(=O)CCCCCCCCCCCCCCC)OC(=O)CCCCCCCCCCCCCCCCCCCC. The fraction of sp³-hybridized carbons (Fsp3) is 0.956. The number of carbonyl (C=O) groups is 4. The molecule has 3 N–H and O–H groups in total. The Morgan fingerprint density at radius 3 is 0.618 bits per heavy atom. The maximum Gasteiger partial charge on any atom is 0.472 e. The molecular weight excluding hydrogens is 1430 g/mol. The van der Waals surface area contributed by atoms with Crippen LogP contribution >= 0.6 is 15.6 Å². The average molecular weight is 1610 g/mol. The maximum absolute atomic E-state index is 13.2. The zero-order chi connectivity index (χ0) is 80.4. The van der Waals surface area contributed by atoms with Crippen LogP contribution in [0, 0.1) is 5.92 Å². The third-order valence-corrected chi connectivity index (χ3v) is 23.4. The Morgan fingerprint density at radius 1 is 0.245 bits per heavy atom. The molecule has 0 radical (unpaired) electrons. The van der Waals surface area contributed by atoms with Gasteiger partial charge in [-0.05, 0) is 31.6 Å². The molecule has 5 atom stereocenters. The van der Waals surface area contributed by atoms with Crippen molar-refractivity contribution in [1.29, 1.82) is 0 Å². The van der Waals surface area contributed by atoms with E-state index in [9.17, 15) is 43.2 Å². The van der Waals surface area contributed by atoms with Gasteiger partial charge < -0.3 is 33.8 Å². The number of rotatable bonds is 91. The number of aliphatic hydroxyl groups excluding tert-OH is 1. The minimum absolute atomic E-state index is 0.110. The van der Waals surface area contributed by atoms with E-state index in [4.69, 9.17) is 37.0 Å². The molecule has 0 saturated carbocycles. The van der Waals surface area contributed by atoms with Gasteiger partial charge >= 0.3 is 39.5 Å².